The fraction of sp³-hybridized carbons (Fsp3) is 0.692. The molecule has 1 heterocycles. The summed E-state index contributed by atoms with van der Waals surface area (Å²) in [7, 11) is 1.68. The average molecular weight is 252 g/mol. The first-order valence-electron chi connectivity index (χ1n) is 6.32. The molecule has 1 fully saturated rings. The van der Waals surface area contributed by atoms with E-state index in [0.29, 0.717) is 24.0 Å². The predicted octanol–water partition coefficient (Wildman–Crippen LogP) is 1.98. The van der Waals surface area contributed by atoms with Crippen LogP contribution < -0.4 is 5.32 Å². The van der Waals surface area contributed by atoms with Gasteiger partial charge in [-0.3, -0.25) is 4.79 Å². The van der Waals surface area contributed by atoms with Gasteiger partial charge in [0.2, 0.25) is 0 Å². The Morgan fingerprint density at radius 2 is 2.22 bits per heavy atom. The van der Waals surface area contributed by atoms with Crippen LogP contribution in [-0.4, -0.2) is 30.1 Å². The molecule has 5 nitrogen and oxygen atoms in total. The second-order valence-electron chi connectivity index (χ2n) is 4.97. The number of oxazole rings is 1. The zero-order valence-electron chi connectivity index (χ0n) is 11.2. The number of carbonyl (C=O) groups is 1. The minimum absolute atomic E-state index is 0.105. The van der Waals surface area contributed by atoms with Gasteiger partial charge in [0.05, 0.1) is 0 Å². The average Bonchev–Trinajstić information content (AvgIpc) is 2.61. The van der Waals surface area contributed by atoms with Crippen LogP contribution in [0.25, 0.3) is 0 Å². The predicted molar refractivity (Wildman–Crippen MR) is 66.5 cm³/mol. The first-order chi connectivity index (χ1) is 8.56. The van der Waals surface area contributed by atoms with Crippen LogP contribution >= 0.6 is 0 Å². The highest BCUT2D eigenvalue weighted by Gasteiger charge is 2.38. The molecular weight excluding hydrogens is 232 g/mol. The van der Waals surface area contributed by atoms with Crippen LogP contribution in [0.5, 0.6) is 0 Å². The van der Waals surface area contributed by atoms with Crippen molar-refractivity contribution in [2.24, 2.45) is 0 Å². The number of aryl methyl sites for hydroxylation is 2. The molecule has 18 heavy (non-hydrogen) atoms. The van der Waals surface area contributed by atoms with E-state index in [4.69, 9.17) is 9.15 Å². The molecule has 0 unspecified atom stereocenters. The molecule has 0 aromatic carbocycles. The van der Waals surface area contributed by atoms with Gasteiger partial charge in [-0.15, -0.1) is 0 Å². The molecule has 5 heteroatoms. The Kier molecular flexibility index (Phi) is 3.71. The SMILES string of the molecule is COCCC1(NC(=O)c2nc(C)oc2C)CCC1. The Morgan fingerprint density at radius 3 is 2.67 bits per heavy atom. The topological polar surface area (TPSA) is 64.4 Å². The third kappa shape index (κ3) is 2.56. The van der Waals surface area contributed by atoms with Crippen LogP contribution in [0.3, 0.4) is 0 Å². The van der Waals surface area contributed by atoms with E-state index in [2.05, 4.69) is 10.3 Å². The molecule has 0 bridgehead atoms. The lowest BCUT2D eigenvalue weighted by Gasteiger charge is -2.42. The van der Waals surface area contributed by atoms with Gasteiger partial charge in [0.25, 0.3) is 5.91 Å². The number of carbonyl (C=O) groups excluding carboxylic acids is 1. The Hall–Kier alpha value is -1.36. The van der Waals surface area contributed by atoms with Crippen molar-refractivity contribution in [2.75, 3.05) is 13.7 Å². The van der Waals surface area contributed by atoms with Gasteiger partial charge in [0.15, 0.2) is 11.6 Å². The third-order valence-corrected chi connectivity index (χ3v) is 3.59. The molecule has 0 radical (unpaired) electrons. The highest BCUT2D eigenvalue weighted by molar-refractivity contribution is 5.93. The van der Waals surface area contributed by atoms with Gasteiger partial charge in [0.1, 0.15) is 5.76 Å². The fourth-order valence-corrected chi connectivity index (χ4v) is 2.38. The minimum atomic E-state index is -0.139. The largest absolute Gasteiger partial charge is 0.445 e. The van der Waals surface area contributed by atoms with Crippen LogP contribution in [-0.2, 0) is 4.74 Å². The first kappa shape index (κ1) is 13.1. The van der Waals surface area contributed by atoms with Gasteiger partial charge in [-0.25, -0.2) is 4.98 Å². The number of hydrogen-bond acceptors (Lipinski definition) is 4. The van der Waals surface area contributed by atoms with Gasteiger partial charge < -0.3 is 14.5 Å². The summed E-state index contributed by atoms with van der Waals surface area (Å²) in [5, 5.41) is 3.09. The zero-order valence-corrected chi connectivity index (χ0v) is 11.2. The highest BCUT2D eigenvalue weighted by Crippen LogP contribution is 2.35. The Bertz CT molecular complexity index is 435. The van der Waals surface area contributed by atoms with E-state index in [9.17, 15) is 4.79 Å². The number of rotatable bonds is 5. The summed E-state index contributed by atoms with van der Waals surface area (Å²) in [4.78, 5) is 16.3. The minimum Gasteiger partial charge on any atom is -0.445 e. The first-order valence-corrected chi connectivity index (χ1v) is 6.32. The molecule has 1 aliphatic carbocycles. The van der Waals surface area contributed by atoms with Gasteiger partial charge in [0, 0.05) is 26.2 Å². The van der Waals surface area contributed by atoms with Crippen molar-refractivity contribution in [3.05, 3.63) is 17.3 Å². The molecule has 1 aromatic heterocycles. The summed E-state index contributed by atoms with van der Waals surface area (Å²) >= 11 is 0. The molecule has 2 rings (SSSR count). The van der Waals surface area contributed by atoms with Crippen LogP contribution in [0, 0.1) is 13.8 Å². The zero-order chi connectivity index (χ0) is 13.2. The molecule has 0 aliphatic heterocycles. The molecule has 0 atom stereocenters. The lowest BCUT2D eigenvalue weighted by atomic mass is 9.74. The van der Waals surface area contributed by atoms with Crippen molar-refractivity contribution in [3.8, 4) is 0 Å². The van der Waals surface area contributed by atoms with Crippen molar-refractivity contribution in [1.29, 1.82) is 0 Å². The monoisotopic (exact) mass is 252 g/mol. The summed E-state index contributed by atoms with van der Waals surface area (Å²) in [6.07, 6.45) is 4.03. The maximum atomic E-state index is 12.2. The van der Waals surface area contributed by atoms with E-state index in [1.54, 1.807) is 21.0 Å². The highest BCUT2D eigenvalue weighted by atomic mass is 16.5. The summed E-state index contributed by atoms with van der Waals surface area (Å²) in [5.41, 5.74) is 0.294. The number of methoxy groups -OCH3 is 1. The van der Waals surface area contributed by atoms with Crippen molar-refractivity contribution >= 4 is 5.91 Å². The number of amides is 1. The molecule has 1 aliphatic rings. The van der Waals surface area contributed by atoms with E-state index in [1.807, 2.05) is 0 Å². The number of hydrogen-bond donors (Lipinski definition) is 1. The maximum Gasteiger partial charge on any atom is 0.273 e. The second-order valence-corrected chi connectivity index (χ2v) is 4.97. The van der Waals surface area contributed by atoms with E-state index < -0.39 is 0 Å². The molecular formula is C13H20N2O3. The Morgan fingerprint density at radius 1 is 1.50 bits per heavy atom. The van der Waals surface area contributed by atoms with E-state index in [1.165, 1.54) is 0 Å². The van der Waals surface area contributed by atoms with Crippen molar-refractivity contribution in [2.45, 2.75) is 45.1 Å². The quantitative estimate of drug-likeness (QED) is 0.870. The molecule has 100 valence electrons. The molecule has 1 N–H and O–H groups in total. The smallest absolute Gasteiger partial charge is 0.273 e. The van der Waals surface area contributed by atoms with E-state index in [-0.39, 0.29) is 11.4 Å². The van der Waals surface area contributed by atoms with Crippen LogP contribution in [0.15, 0.2) is 4.42 Å². The van der Waals surface area contributed by atoms with Gasteiger partial charge in [-0.2, -0.15) is 0 Å². The van der Waals surface area contributed by atoms with Crippen molar-refractivity contribution in [1.82, 2.24) is 10.3 Å². The molecule has 0 saturated heterocycles. The number of ether oxygens (including phenoxy) is 1. The maximum absolute atomic E-state index is 12.2. The third-order valence-electron chi connectivity index (χ3n) is 3.59. The van der Waals surface area contributed by atoms with Crippen LogP contribution in [0.1, 0.15) is 47.8 Å². The van der Waals surface area contributed by atoms with Gasteiger partial charge in [-0.05, 0) is 32.6 Å². The van der Waals surface area contributed by atoms with Crippen molar-refractivity contribution < 1.29 is 13.9 Å². The van der Waals surface area contributed by atoms with Gasteiger partial charge >= 0.3 is 0 Å². The Balaban J connectivity index is 2.03. The lowest BCUT2D eigenvalue weighted by Crippen LogP contribution is -2.54. The van der Waals surface area contributed by atoms with Gasteiger partial charge in [-0.1, -0.05) is 0 Å². The number of nitrogens with one attached hydrogen (secondary N) is 1. The molecule has 1 aromatic rings. The molecule has 1 amide bonds. The van der Waals surface area contributed by atoms with Crippen molar-refractivity contribution in [3.63, 3.8) is 0 Å². The molecule has 0 spiro atoms. The summed E-state index contributed by atoms with van der Waals surface area (Å²) < 4.78 is 10.4. The fourth-order valence-electron chi connectivity index (χ4n) is 2.38. The standard InChI is InChI=1S/C13H20N2O3/c1-9-11(14-10(2)18-9)12(16)15-13(5-4-6-13)7-8-17-3/h4-8H2,1-3H3,(H,15,16). The summed E-state index contributed by atoms with van der Waals surface area (Å²) in [5.74, 6) is 0.962. The van der Waals surface area contributed by atoms with Crippen LogP contribution in [0.4, 0.5) is 0 Å². The number of aromatic nitrogens is 1. The second kappa shape index (κ2) is 5.10. The molecule has 1 saturated carbocycles. The summed E-state index contributed by atoms with van der Waals surface area (Å²) in [6.45, 7) is 4.17. The normalized spacial score (nSPS) is 17.3. The summed E-state index contributed by atoms with van der Waals surface area (Å²) in [6, 6.07) is 0. The lowest BCUT2D eigenvalue weighted by molar-refractivity contribution is 0.0724. The Labute approximate surface area is 107 Å². The number of nitrogens with zero attached hydrogens (tertiary/aromatic N) is 1. The van der Waals surface area contributed by atoms with E-state index >= 15 is 0 Å². The van der Waals surface area contributed by atoms with E-state index in [0.717, 1.165) is 25.7 Å². The van der Waals surface area contributed by atoms with Crippen LogP contribution in [0.2, 0.25) is 0 Å².